The first-order chi connectivity index (χ1) is 14.3. The predicted octanol–water partition coefficient (Wildman–Crippen LogP) is 4.65. The SMILES string of the molecule is C=CCN(C(=O)c1cccc(S(=O)(=O)N(C)c2ccc(C)cc2)c1)c1ccccc1. The highest BCUT2D eigenvalue weighted by Crippen LogP contribution is 2.24. The predicted molar refractivity (Wildman–Crippen MR) is 122 cm³/mol. The van der Waals surface area contributed by atoms with E-state index >= 15 is 0 Å². The number of benzene rings is 3. The Morgan fingerprint density at radius 2 is 1.60 bits per heavy atom. The number of aryl methyl sites for hydroxylation is 1. The van der Waals surface area contributed by atoms with Crippen LogP contribution >= 0.6 is 0 Å². The summed E-state index contributed by atoms with van der Waals surface area (Å²) in [4.78, 5) is 14.8. The molecule has 0 aliphatic rings. The molecule has 0 aromatic heterocycles. The zero-order valence-corrected chi connectivity index (χ0v) is 17.8. The Labute approximate surface area is 177 Å². The van der Waals surface area contributed by atoms with Gasteiger partial charge in [-0.15, -0.1) is 6.58 Å². The number of sulfonamides is 1. The molecule has 6 heteroatoms. The van der Waals surface area contributed by atoms with Crippen LogP contribution in [0.3, 0.4) is 0 Å². The van der Waals surface area contributed by atoms with Crippen LogP contribution in [0.4, 0.5) is 11.4 Å². The lowest BCUT2D eigenvalue weighted by atomic mass is 10.1. The van der Waals surface area contributed by atoms with Crippen molar-refractivity contribution in [3.63, 3.8) is 0 Å². The van der Waals surface area contributed by atoms with Crippen LogP contribution in [0, 0.1) is 6.92 Å². The van der Waals surface area contributed by atoms with Gasteiger partial charge >= 0.3 is 0 Å². The fourth-order valence-corrected chi connectivity index (χ4v) is 4.28. The fourth-order valence-electron chi connectivity index (χ4n) is 3.04. The Hall–Kier alpha value is -3.38. The van der Waals surface area contributed by atoms with E-state index in [1.165, 1.54) is 23.5 Å². The number of para-hydroxylation sites is 1. The van der Waals surface area contributed by atoms with Gasteiger partial charge in [0.1, 0.15) is 0 Å². The first-order valence-corrected chi connectivity index (χ1v) is 10.9. The average Bonchev–Trinajstić information content (AvgIpc) is 2.77. The van der Waals surface area contributed by atoms with Crippen molar-refractivity contribution in [1.29, 1.82) is 0 Å². The Bertz CT molecular complexity index is 1140. The molecule has 0 aliphatic carbocycles. The van der Waals surface area contributed by atoms with Crippen molar-refractivity contribution in [3.05, 3.63) is 103 Å². The van der Waals surface area contributed by atoms with E-state index in [1.807, 2.05) is 49.4 Å². The molecule has 3 rings (SSSR count). The number of rotatable bonds is 7. The molecule has 3 aromatic rings. The van der Waals surface area contributed by atoms with Gasteiger partial charge < -0.3 is 4.90 Å². The summed E-state index contributed by atoms with van der Waals surface area (Å²) in [5.74, 6) is -0.295. The van der Waals surface area contributed by atoms with Gasteiger partial charge in [-0.1, -0.05) is 48.0 Å². The molecule has 0 unspecified atom stereocenters. The van der Waals surface area contributed by atoms with E-state index in [2.05, 4.69) is 6.58 Å². The van der Waals surface area contributed by atoms with Crippen LogP contribution in [-0.2, 0) is 10.0 Å². The zero-order valence-electron chi connectivity index (χ0n) is 17.0. The number of nitrogens with zero attached hydrogens (tertiary/aromatic N) is 2. The van der Waals surface area contributed by atoms with E-state index in [9.17, 15) is 13.2 Å². The minimum atomic E-state index is -3.82. The first kappa shape index (κ1) is 21.3. The average molecular weight is 421 g/mol. The van der Waals surface area contributed by atoms with E-state index < -0.39 is 10.0 Å². The highest BCUT2D eigenvalue weighted by molar-refractivity contribution is 7.92. The van der Waals surface area contributed by atoms with Crippen molar-refractivity contribution in [2.45, 2.75) is 11.8 Å². The number of hydrogen-bond donors (Lipinski definition) is 0. The summed E-state index contributed by atoms with van der Waals surface area (Å²) < 4.78 is 27.5. The van der Waals surface area contributed by atoms with Crippen LogP contribution in [0.25, 0.3) is 0 Å². The van der Waals surface area contributed by atoms with Gasteiger partial charge in [-0.2, -0.15) is 0 Å². The molecule has 0 bridgehead atoms. The standard InChI is InChI=1S/C24H24N2O3S/c1-4-17-26(22-10-6-5-7-11-22)24(27)20-9-8-12-23(18-20)30(28,29)25(3)21-15-13-19(2)14-16-21/h4-16,18H,1,17H2,2-3H3. The number of carbonyl (C=O) groups excluding carboxylic acids is 1. The maximum absolute atomic E-state index is 13.2. The van der Waals surface area contributed by atoms with Crippen LogP contribution in [0.5, 0.6) is 0 Å². The van der Waals surface area contributed by atoms with E-state index in [-0.39, 0.29) is 10.8 Å². The molecule has 0 heterocycles. The molecule has 0 radical (unpaired) electrons. The highest BCUT2D eigenvalue weighted by atomic mass is 32.2. The second kappa shape index (κ2) is 8.97. The van der Waals surface area contributed by atoms with Crippen LogP contribution in [0.1, 0.15) is 15.9 Å². The molecular formula is C24H24N2O3S. The molecule has 3 aromatic carbocycles. The minimum absolute atomic E-state index is 0.0584. The van der Waals surface area contributed by atoms with Gasteiger partial charge in [0.05, 0.1) is 10.6 Å². The van der Waals surface area contributed by atoms with Gasteiger partial charge in [-0.05, 0) is 49.4 Å². The maximum Gasteiger partial charge on any atom is 0.264 e. The summed E-state index contributed by atoms with van der Waals surface area (Å²) in [5, 5.41) is 0. The van der Waals surface area contributed by atoms with E-state index in [0.717, 1.165) is 5.56 Å². The Balaban J connectivity index is 1.95. The normalized spacial score (nSPS) is 11.0. The summed E-state index contributed by atoms with van der Waals surface area (Å²) in [6.45, 7) is 5.97. The van der Waals surface area contributed by atoms with Crippen molar-refractivity contribution in [1.82, 2.24) is 0 Å². The van der Waals surface area contributed by atoms with Gasteiger partial charge in [0.2, 0.25) is 0 Å². The molecule has 154 valence electrons. The molecule has 0 fully saturated rings. The number of anilines is 2. The van der Waals surface area contributed by atoms with Crippen molar-refractivity contribution in [2.24, 2.45) is 0 Å². The molecule has 1 amide bonds. The third kappa shape index (κ3) is 4.44. The van der Waals surface area contributed by atoms with Crippen LogP contribution in [-0.4, -0.2) is 27.9 Å². The van der Waals surface area contributed by atoms with Crippen molar-refractivity contribution < 1.29 is 13.2 Å². The summed E-state index contributed by atoms with van der Waals surface area (Å²) >= 11 is 0. The molecule has 0 spiro atoms. The second-order valence-electron chi connectivity index (χ2n) is 6.88. The first-order valence-electron chi connectivity index (χ1n) is 9.48. The van der Waals surface area contributed by atoms with Crippen LogP contribution < -0.4 is 9.21 Å². The summed E-state index contributed by atoms with van der Waals surface area (Å²) in [5.41, 5.74) is 2.60. The van der Waals surface area contributed by atoms with Crippen LogP contribution in [0.15, 0.2) is 96.4 Å². The molecule has 30 heavy (non-hydrogen) atoms. The lowest BCUT2D eigenvalue weighted by molar-refractivity contribution is 0.0989. The molecule has 0 aliphatic heterocycles. The number of hydrogen-bond acceptors (Lipinski definition) is 3. The van der Waals surface area contributed by atoms with Crippen molar-refractivity contribution in [2.75, 3.05) is 22.8 Å². The second-order valence-corrected chi connectivity index (χ2v) is 8.85. The third-order valence-electron chi connectivity index (χ3n) is 4.76. The van der Waals surface area contributed by atoms with Gasteiger partial charge in [0.15, 0.2) is 0 Å². The minimum Gasteiger partial charge on any atom is -0.305 e. The number of amides is 1. The van der Waals surface area contributed by atoms with Gasteiger partial charge in [0, 0.05) is 24.8 Å². The summed E-state index contributed by atoms with van der Waals surface area (Å²) in [6, 6.07) is 22.5. The fraction of sp³-hybridized carbons (Fsp3) is 0.125. The summed E-state index contributed by atoms with van der Waals surface area (Å²) in [7, 11) is -2.32. The molecule has 0 atom stereocenters. The largest absolute Gasteiger partial charge is 0.305 e. The maximum atomic E-state index is 13.2. The topological polar surface area (TPSA) is 57.7 Å². The van der Waals surface area contributed by atoms with E-state index in [4.69, 9.17) is 0 Å². The van der Waals surface area contributed by atoms with Gasteiger partial charge in [0.25, 0.3) is 15.9 Å². The highest BCUT2D eigenvalue weighted by Gasteiger charge is 2.24. The quantitative estimate of drug-likeness (QED) is 0.523. The Kier molecular flexibility index (Phi) is 6.37. The molecule has 5 nitrogen and oxygen atoms in total. The lowest BCUT2D eigenvalue weighted by Crippen LogP contribution is -2.31. The van der Waals surface area contributed by atoms with E-state index in [1.54, 1.807) is 35.2 Å². The monoisotopic (exact) mass is 420 g/mol. The zero-order chi connectivity index (χ0) is 21.7. The Morgan fingerprint density at radius 3 is 2.23 bits per heavy atom. The lowest BCUT2D eigenvalue weighted by Gasteiger charge is -2.23. The van der Waals surface area contributed by atoms with Crippen molar-refractivity contribution >= 4 is 27.3 Å². The van der Waals surface area contributed by atoms with Gasteiger partial charge in [-0.25, -0.2) is 8.42 Å². The van der Waals surface area contributed by atoms with Crippen molar-refractivity contribution in [3.8, 4) is 0 Å². The number of carbonyl (C=O) groups is 1. The summed E-state index contributed by atoms with van der Waals surface area (Å²) in [6.07, 6.45) is 1.64. The molecular weight excluding hydrogens is 396 g/mol. The smallest absolute Gasteiger partial charge is 0.264 e. The van der Waals surface area contributed by atoms with E-state index in [0.29, 0.717) is 23.5 Å². The Morgan fingerprint density at radius 1 is 0.933 bits per heavy atom. The molecule has 0 N–H and O–H groups in total. The van der Waals surface area contributed by atoms with Crippen LogP contribution in [0.2, 0.25) is 0 Å². The van der Waals surface area contributed by atoms with Gasteiger partial charge in [-0.3, -0.25) is 9.10 Å². The molecule has 0 saturated carbocycles. The third-order valence-corrected chi connectivity index (χ3v) is 6.54. The molecule has 0 saturated heterocycles.